The summed E-state index contributed by atoms with van der Waals surface area (Å²) in [5.74, 6) is -0.0202. The minimum Gasteiger partial charge on any atom is -0.458 e. The van der Waals surface area contributed by atoms with E-state index in [4.69, 9.17) is 14.2 Å². The van der Waals surface area contributed by atoms with Crippen molar-refractivity contribution in [3.05, 3.63) is 35.9 Å². The second-order valence-corrected chi connectivity index (χ2v) is 8.25. The van der Waals surface area contributed by atoms with Crippen LogP contribution in [0.25, 0.3) is 0 Å². The predicted octanol–water partition coefficient (Wildman–Crippen LogP) is 4.92. The Kier molecular flexibility index (Phi) is 9.15. The maximum Gasteiger partial charge on any atom is 0.306 e. The molecule has 1 aliphatic rings. The zero-order valence-electron chi connectivity index (χ0n) is 18.4. The van der Waals surface area contributed by atoms with Gasteiger partial charge < -0.3 is 14.2 Å². The zero-order chi connectivity index (χ0) is 21.4. The van der Waals surface area contributed by atoms with Gasteiger partial charge in [-0.05, 0) is 36.2 Å². The quantitative estimate of drug-likeness (QED) is 0.547. The number of ether oxygens (including phenoxy) is 3. The van der Waals surface area contributed by atoms with E-state index in [2.05, 4.69) is 20.8 Å². The lowest BCUT2D eigenvalue weighted by atomic mass is 9.69. The maximum atomic E-state index is 12.4. The maximum absolute atomic E-state index is 12.4. The molecular weight excluding hydrogens is 368 g/mol. The summed E-state index contributed by atoms with van der Waals surface area (Å²) in [5.41, 5.74) is 1.06. The zero-order valence-corrected chi connectivity index (χ0v) is 18.4. The number of hydrogen-bond donors (Lipinski definition) is 0. The van der Waals surface area contributed by atoms with Crippen molar-refractivity contribution >= 4 is 11.9 Å². The first kappa shape index (κ1) is 23.4. The summed E-state index contributed by atoms with van der Waals surface area (Å²) in [7, 11) is 0. The third-order valence-electron chi connectivity index (χ3n) is 6.07. The molecule has 0 bridgehead atoms. The van der Waals surface area contributed by atoms with Crippen LogP contribution < -0.4 is 0 Å². The molecular formula is C24H36O5. The fourth-order valence-electron chi connectivity index (χ4n) is 4.01. The van der Waals surface area contributed by atoms with Gasteiger partial charge in [-0.3, -0.25) is 9.59 Å². The van der Waals surface area contributed by atoms with Gasteiger partial charge in [-0.2, -0.15) is 0 Å². The molecule has 6 unspecified atom stereocenters. The first-order chi connectivity index (χ1) is 13.9. The minimum atomic E-state index is -0.597. The molecule has 29 heavy (non-hydrogen) atoms. The van der Waals surface area contributed by atoms with Crippen molar-refractivity contribution in [3.63, 3.8) is 0 Å². The van der Waals surface area contributed by atoms with Crippen LogP contribution in [0, 0.1) is 17.8 Å². The molecule has 5 heteroatoms. The van der Waals surface area contributed by atoms with Crippen LogP contribution >= 0.6 is 0 Å². The van der Waals surface area contributed by atoms with Crippen molar-refractivity contribution in [3.8, 4) is 0 Å². The fraction of sp³-hybridized carbons (Fsp3) is 0.667. The van der Waals surface area contributed by atoms with Gasteiger partial charge in [-0.1, -0.05) is 65.0 Å². The topological polar surface area (TPSA) is 61.8 Å². The molecule has 1 fully saturated rings. The second kappa shape index (κ2) is 11.3. The molecule has 162 valence electrons. The standard InChI is InChI=1S/C24H36O5/c1-6-11-20(25)28-23-18(5)16(3)17(4)22(24(23)29-21(26)12-7-2)27-15-19-13-9-8-10-14-19/h8-10,13-14,16-18,22-24H,6-7,11-12,15H2,1-5H3. The lowest BCUT2D eigenvalue weighted by Crippen LogP contribution is -2.57. The highest BCUT2D eigenvalue weighted by Crippen LogP contribution is 2.40. The Balaban J connectivity index is 2.25. The number of rotatable bonds is 9. The normalized spacial score (nSPS) is 29.3. The van der Waals surface area contributed by atoms with Crippen LogP contribution in [0.15, 0.2) is 30.3 Å². The Morgan fingerprint density at radius 2 is 1.28 bits per heavy atom. The fourth-order valence-corrected chi connectivity index (χ4v) is 4.01. The van der Waals surface area contributed by atoms with Crippen molar-refractivity contribution in [1.29, 1.82) is 0 Å². The van der Waals surface area contributed by atoms with Crippen LogP contribution in [-0.4, -0.2) is 30.3 Å². The van der Waals surface area contributed by atoms with Crippen LogP contribution in [0.4, 0.5) is 0 Å². The lowest BCUT2D eigenvalue weighted by molar-refractivity contribution is -0.213. The summed E-state index contributed by atoms with van der Waals surface area (Å²) in [6.07, 6.45) is 0.709. The number of benzene rings is 1. The van der Waals surface area contributed by atoms with Crippen molar-refractivity contribution in [2.75, 3.05) is 0 Å². The molecule has 1 saturated carbocycles. The number of hydrogen-bond acceptors (Lipinski definition) is 5. The van der Waals surface area contributed by atoms with Gasteiger partial charge in [0.25, 0.3) is 0 Å². The minimum absolute atomic E-state index is 0.0711. The SMILES string of the molecule is CCCC(=O)OC1C(C)C(C)C(C)C(OCc2ccccc2)C1OC(=O)CCC. The summed E-state index contributed by atoms with van der Waals surface area (Å²) in [6, 6.07) is 9.94. The third-order valence-corrected chi connectivity index (χ3v) is 6.07. The summed E-state index contributed by atoms with van der Waals surface area (Å²) in [4.78, 5) is 24.6. The first-order valence-electron chi connectivity index (χ1n) is 10.9. The Hall–Kier alpha value is -1.88. The van der Waals surface area contributed by atoms with E-state index in [1.165, 1.54) is 0 Å². The van der Waals surface area contributed by atoms with Gasteiger partial charge in [-0.25, -0.2) is 0 Å². The molecule has 1 aromatic rings. The molecule has 2 rings (SSSR count). The molecule has 0 spiro atoms. The van der Waals surface area contributed by atoms with Crippen molar-refractivity contribution in [2.24, 2.45) is 17.8 Å². The van der Waals surface area contributed by atoms with E-state index >= 15 is 0 Å². The molecule has 0 aliphatic heterocycles. The van der Waals surface area contributed by atoms with Crippen molar-refractivity contribution in [1.82, 2.24) is 0 Å². The van der Waals surface area contributed by atoms with Crippen molar-refractivity contribution in [2.45, 2.75) is 85.2 Å². The van der Waals surface area contributed by atoms with Gasteiger partial charge in [0.2, 0.25) is 0 Å². The molecule has 6 atom stereocenters. The van der Waals surface area contributed by atoms with Crippen LogP contribution in [0.3, 0.4) is 0 Å². The molecule has 1 aromatic carbocycles. The van der Waals surface area contributed by atoms with E-state index in [-0.39, 0.29) is 35.8 Å². The number of esters is 2. The summed E-state index contributed by atoms with van der Waals surface area (Å²) in [5, 5.41) is 0. The van der Waals surface area contributed by atoms with Gasteiger partial charge in [0.05, 0.1) is 6.61 Å². The second-order valence-electron chi connectivity index (χ2n) is 8.25. The Morgan fingerprint density at radius 3 is 1.83 bits per heavy atom. The molecule has 0 N–H and O–H groups in total. The summed E-state index contributed by atoms with van der Waals surface area (Å²) >= 11 is 0. The first-order valence-corrected chi connectivity index (χ1v) is 10.9. The molecule has 5 nitrogen and oxygen atoms in total. The van der Waals surface area contributed by atoms with Crippen LogP contribution in [0.1, 0.15) is 65.9 Å². The molecule has 0 heterocycles. The van der Waals surface area contributed by atoms with E-state index < -0.39 is 12.2 Å². The number of carbonyl (C=O) groups excluding carboxylic acids is 2. The monoisotopic (exact) mass is 404 g/mol. The van der Waals surface area contributed by atoms with Crippen molar-refractivity contribution < 1.29 is 23.8 Å². The molecule has 0 radical (unpaired) electrons. The summed E-state index contributed by atoms with van der Waals surface area (Å²) < 4.78 is 18.0. The summed E-state index contributed by atoms with van der Waals surface area (Å²) in [6.45, 7) is 10.7. The van der Waals surface area contributed by atoms with E-state index in [1.807, 2.05) is 44.2 Å². The lowest BCUT2D eigenvalue weighted by Gasteiger charge is -2.47. The van der Waals surface area contributed by atoms with E-state index in [0.717, 1.165) is 12.0 Å². The Labute approximate surface area is 175 Å². The molecule has 0 amide bonds. The average molecular weight is 405 g/mol. The van der Waals surface area contributed by atoms with Crippen LogP contribution in [0.2, 0.25) is 0 Å². The number of carbonyl (C=O) groups is 2. The Bertz CT molecular complexity index is 644. The molecule has 0 saturated heterocycles. The van der Waals surface area contributed by atoms with Gasteiger partial charge in [0.15, 0.2) is 6.10 Å². The van der Waals surface area contributed by atoms with E-state index in [9.17, 15) is 9.59 Å². The van der Waals surface area contributed by atoms with Gasteiger partial charge in [0, 0.05) is 12.8 Å². The third kappa shape index (κ3) is 6.30. The van der Waals surface area contributed by atoms with Crippen LogP contribution in [-0.2, 0) is 30.4 Å². The highest BCUT2D eigenvalue weighted by atomic mass is 16.6. The highest BCUT2D eigenvalue weighted by molar-refractivity contribution is 5.70. The van der Waals surface area contributed by atoms with Gasteiger partial charge >= 0.3 is 11.9 Å². The smallest absolute Gasteiger partial charge is 0.306 e. The largest absolute Gasteiger partial charge is 0.458 e. The van der Waals surface area contributed by atoms with E-state index in [0.29, 0.717) is 25.9 Å². The van der Waals surface area contributed by atoms with E-state index in [1.54, 1.807) is 0 Å². The molecule has 1 aliphatic carbocycles. The van der Waals surface area contributed by atoms with Gasteiger partial charge in [0.1, 0.15) is 12.2 Å². The van der Waals surface area contributed by atoms with Gasteiger partial charge in [-0.15, -0.1) is 0 Å². The van der Waals surface area contributed by atoms with Crippen LogP contribution in [0.5, 0.6) is 0 Å². The Morgan fingerprint density at radius 1 is 0.759 bits per heavy atom. The average Bonchev–Trinajstić information content (AvgIpc) is 2.70. The molecule has 0 aromatic heterocycles. The highest BCUT2D eigenvalue weighted by Gasteiger charge is 2.50. The predicted molar refractivity (Wildman–Crippen MR) is 112 cm³/mol.